The summed E-state index contributed by atoms with van der Waals surface area (Å²) in [5.41, 5.74) is 3.84. The smallest absolute Gasteiger partial charge is 0.0549 e. The van der Waals surface area contributed by atoms with Crippen LogP contribution in [-0.2, 0) is 6.54 Å². The minimum Gasteiger partial charge on any atom is -0.378 e. The van der Waals surface area contributed by atoms with Crippen molar-refractivity contribution < 1.29 is 0 Å². The van der Waals surface area contributed by atoms with Gasteiger partial charge in [-0.25, -0.2) is 0 Å². The van der Waals surface area contributed by atoms with E-state index in [0.717, 1.165) is 34.7 Å². The van der Waals surface area contributed by atoms with E-state index in [1.165, 1.54) is 11.1 Å². The normalized spacial score (nSPS) is 18.2. The monoisotopic (exact) mass is 350 g/mol. The summed E-state index contributed by atoms with van der Waals surface area (Å²) in [4.78, 5) is 0. The molecule has 0 saturated heterocycles. The first-order valence-electron chi connectivity index (χ1n) is 6.74. The van der Waals surface area contributed by atoms with Gasteiger partial charge in [0.15, 0.2) is 0 Å². The molecule has 2 aromatic rings. The Morgan fingerprint density at radius 2 is 2.05 bits per heavy atom. The molecule has 0 aliphatic carbocycles. The maximum absolute atomic E-state index is 6.05. The zero-order chi connectivity index (χ0) is 13.9. The fourth-order valence-corrected chi connectivity index (χ4v) is 3.09. The minimum absolute atomic E-state index is 0.328. The van der Waals surface area contributed by atoms with Crippen molar-refractivity contribution in [2.75, 3.05) is 11.9 Å². The lowest BCUT2D eigenvalue weighted by Gasteiger charge is -2.20. The van der Waals surface area contributed by atoms with Crippen LogP contribution in [0.25, 0.3) is 0 Å². The van der Waals surface area contributed by atoms with Crippen molar-refractivity contribution >= 4 is 33.2 Å². The van der Waals surface area contributed by atoms with Gasteiger partial charge in [0.05, 0.1) is 11.1 Å². The Balaban J connectivity index is 1.88. The molecular formula is C16H16BrClN2. The molecule has 0 saturated carbocycles. The standard InChI is InChI=1S/C16H16BrClN2/c17-14-9-12(5-6-15(14)18)20-16-7-8-19-10-11-3-1-2-4-13(11)16/h1-6,9,16,19-20H,7-8,10H2. The highest BCUT2D eigenvalue weighted by atomic mass is 79.9. The molecule has 0 bridgehead atoms. The predicted octanol–water partition coefficient (Wildman–Crippen LogP) is 4.75. The summed E-state index contributed by atoms with van der Waals surface area (Å²) in [5, 5.41) is 7.82. The summed E-state index contributed by atoms with van der Waals surface area (Å²) in [6, 6.07) is 14.9. The maximum Gasteiger partial charge on any atom is 0.0549 e. The molecule has 0 radical (unpaired) electrons. The molecule has 0 aromatic heterocycles. The Kier molecular flexibility index (Phi) is 4.29. The first-order valence-corrected chi connectivity index (χ1v) is 7.91. The molecule has 2 nitrogen and oxygen atoms in total. The zero-order valence-corrected chi connectivity index (χ0v) is 13.3. The van der Waals surface area contributed by atoms with E-state index in [2.05, 4.69) is 50.8 Å². The average Bonchev–Trinajstić information content (AvgIpc) is 2.66. The number of hydrogen-bond donors (Lipinski definition) is 2. The van der Waals surface area contributed by atoms with Crippen molar-refractivity contribution in [1.82, 2.24) is 5.32 Å². The first kappa shape index (κ1) is 13.9. The van der Waals surface area contributed by atoms with Crippen LogP contribution in [0.5, 0.6) is 0 Å². The van der Waals surface area contributed by atoms with E-state index in [1.54, 1.807) is 0 Å². The molecule has 0 spiro atoms. The molecule has 104 valence electrons. The van der Waals surface area contributed by atoms with Crippen LogP contribution in [0.4, 0.5) is 5.69 Å². The third-order valence-corrected chi connectivity index (χ3v) is 4.83. The van der Waals surface area contributed by atoms with Crippen LogP contribution in [-0.4, -0.2) is 6.54 Å². The summed E-state index contributed by atoms with van der Waals surface area (Å²) in [5.74, 6) is 0. The van der Waals surface area contributed by atoms with E-state index < -0.39 is 0 Å². The van der Waals surface area contributed by atoms with Gasteiger partial charge in [0.1, 0.15) is 0 Å². The van der Waals surface area contributed by atoms with Crippen molar-refractivity contribution in [1.29, 1.82) is 0 Å². The van der Waals surface area contributed by atoms with Gasteiger partial charge < -0.3 is 10.6 Å². The number of halogens is 2. The van der Waals surface area contributed by atoms with Crippen molar-refractivity contribution in [3.63, 3.8) is 0 Å². The van der Waals surface area contributed by atoms with E-state index in [9.17, 15) is 0 Å². The van der Waals surface area contributed by atoms with E-state index in [-0.39, 0.29) is 0 Å². The van der Waals surface area contributed by atoms with Gasteiger partial charge in [-0.05, 0) is 58.2 Å². The van der Waals surface area contributed by atoms with Crippen LogP contribution in [0, 0.1) is 0 Å². The van der Waals surface area contributed by atoms with E-state index in [4.69, 9.17) is 11.6 Å². The lowest BCUT2D eigenvalue weighted by molar-refractivity contribution is 0.637. The number of rotatable bonds is 2. The highest BCUT2D eigenvalue weighted by Crippen LogP contribution is 2.30. The number of anilines is 1. The topological polar surface area (TPSA) is 24.1 Å². The van der Waals surface area contributed by atoms with Crippen LogP contribution < -0.4 is 10.6 Å². The van der Waals surface area contributed by atoms with Gasteiger partial charge in [-0.1, -0.05) is 35.9 Å². The third-order valence-electron chi connectivity index (χ3n) is 3.62. The fraction of sp³-hybridized carbons (Fsp3) is 0.250. The Morgan fingerprint density at radius 3 is 2.90 bits per heavy atom. The number of nitrogens with one attached hydrogen (secondary N) is 2. The second-order valence-electron chi connectivity index (χ2n) is 4.99. The third kappa shape index (κ3) is 3.00. The fourth-order valence-electron chi connectivity index (χ4n) is 2.60. The molecule has 0 amide bonds. The molecule has 1 unspecified atom stereocenters. The summed E-state index contributed by atoms with van der Waals surface area (Å²) in [6.07, 6.45) is 1.07. The van der Waals surface area contributed by atoms with Crippen LogP contribution in [0.15, 0.2) is 46.9 Å². The van der Waals surface area contributed by atoms with E-state index in [1.807, 2.05) is 18.2 Å². The van der Waals surface area contributed by atoms with Crippen LogP contribution in [0.2, 0.25) is 5.02 Å². The maximum atomic E-state index is 6.05. The highest BCUT2D eigenvalue weighted by Gasteiger charge is 2.17. The number of hydrogen-bond acceptors (Lipinski definition) is 2. The predicted molar refractivity (Wildman–Crippen MR) is 88.3 cm³/mol. The van der Waals surface area contributed by atoms with Crippen LogP contribution >= 0.6 is 27.5 Å². The molecule has 1 aliphatic heterocycles. The van der Waals surface area contributed by atoms with E-state index in [0.29, 0.717) is 6.04 Å². The lowest BCUT2D eigenvalue weighted by atomic mass is 9.99. The molecule has 2 N–H and O–H groups in total. The van der Waals surface area contributed by atoms with Crippen molar-refractivity contribution in [3.05, 3.63) is 63.1 Å². The molecule has 1 aliphatic rings. The zero-order valence-electron chi connectivity index (χ0n) is 11.0. The van der Waals surface area contributed by atoms with Gasteiger partial charge in [-0.3, -0.25) is 0 Å². The molecule has 3 rings (SSSR count). The van der Waals surface area contributed by atoms with Gasteiger partial charge in [-0.2, -0.15) is 0 Å². The minimum atomic E-state index is 0.328. The Morgan fingerprint density at radius 1 is 1.20 bits per heavy atom. The Labute approximate surface area is 132 Å². The van der Waals surface area contributed by atoms with Gasteiger partial charge in [0.25, 0.3) is 0 Å². The van der Waals surface area contributed by atoms with Crippen molar-refractivity contribution in [3.8, 4) is 0 Å². The van der Waals surface area contributed by atoms with E-state index >= 15 is 0 Å². The molecule has 1 heterocycles. The van der Waals surface area contributed by atoms with Gasteiger partial charge in [-0.15, -0.1) is 0 Å². The molecule has 2 aromatic carbocycles. The Bertz CT molecular complexity index is 615. The van der Waals surface area contributed by atoms with Gasteiger partial charge in [0.2, 0.25) is 0 Å². The first-order chi connectivity index (χ1) is 9.74. The van der Waals surface area contributed by atoms with Crippen molar-refractivity contribution in [2.24, 2.45) is 0 Å². The molecule has 20 heavy (non-hydrogen) atoms. The van der Waals surface area contributed by atoms with Gasteiger partial charge in [0, 0.05) is 16.7 Å². The summed E-state index contributed by atoms with van der Waals surface area (Å²) in [7, 11) is 0. The van der Waals surface area contributed by atoms with Crippen molar-refractivity contribution in [2.45, 2.75) is 19.0 Å². The number of benzene rings is 2. The summed E-state index contributed by atoms with van der Waals surface area (Å²) >= 11 is 9.52. The van der Waals surface area contributed by atoms with Crippen LogP contribution in [0.1, 0.15) is 23.6 Å². The summed E-state index contributed by atoms with van der Waals surface area (Å²) in [6.45, 7) is 1.96. The molecule has 4 heteroatoms. The lowest BCUT2D eigenvalue weighted by Crippen LogP contribution is -2.15. The quantitative estimate of drug-likeness (QED) is 0.816. The number of fused-ring (bicyclic) bond motifs is 1. The average molecular weight is 352 g/mol. The molecular weight excluding hydrogens is 336 g/mol. The second-order valence-corrected chi connectivity index (χ2v) is 6.25. The molecule has 0 fully saturated rings. The molecule has 1 atom stereocenters. The highest BCUT2D eigenvalue weighted by molar-refractivity contribution is 9.10. The SMILES string of the molecule is Clc1ccc(NC2CCNCc3ccccc32)cc1Br. The Hall–Kier alpha value is -1.03. The summed E-state index contributed by atoms with van der Waals surface area (Å²) < 4.78 is 0.921. The second kappa shape index (κ2) is 6.17. The van der Waals surface area contributed by atoms with Gasteiger partial charge >= 0.3 is 0 Å². The largest absolute Gasteiger partial charge is 0.378 e. The van der Waals surface area contributed by atoms with Crippen LogP contribution in [0.3, 0.4) is 0 Å².